The number of nitrogens with zero attached hydrogens (tertiary/aromatic N) is 7. The summed E-state index contributed by atoms with van der Waals surface area (Å²) in [6.45, 7) is 9.32. The number of nitrogens with one attached hydrogen (secondary N) is 2. The number of imidazole rings is 1. The highest BCUT2D eigenvalue weighted by molar-refractivity contribution is 5.83. The highest BCUT2D eigenvalue weighted by atomic mass is 19.1. The molecular formula is C23H25F2N9. The van der Waals surface area contributed by atoms with E-state index in [1.54, 1.807) is 12.1 Å². The van der Waals surface area contributed by atoms with Crippen molar-refractivity contribution in [2.75, 3.05) is 36.4 Å². The molecule has 1 aromatic carbocycles. The Morgan fingerprint density at radius 3 is 2.53 bits per heavy atom. The number of fused-ring (bicyclic) bond motifs is 1. The number of anilines is 3. The van der Waals surface area contributed by atoms with E-state index >= 15 is 0 Å². The lowest BCUT2D eigenvalue weighted by atomic mass is 10.1. The van der Waals surface area contributed by atoms with Gasteiger partial charge in [0.2, 0.25) is 5.95 Å². The van der Waals surface area contributed by atoms with Crippen LogP contribution in [0.4, 0.5) is 26.4 Å². The Kier molecular flexibility index (Phi) is 5.78. The summed E-state index contributed by atoms with van der Waals surface area (Å²) in [5, 5.41) is 14.7. The molecule has 11 heteroatoms. The monoisotopic (exact) mass is 465 g/mol. The number of benzene rings is 1. The van der Waals surface area contributed by atoms with Gasteiger partial charge >= 0.3 is 0 Å². The summed E-state index contributed by atoms with van der Waals surface area (Å²) in [5.74, 6) is 0.845. The maximum absolute atomic E-state index is 14.9. The quantitative estimate of drug-likeness (QED) is 0.462. The highest BCUT2D eigenvalue weighted by Crippen LogP contribution is 2.30. The lowest BCUT2D eigenvalue weighted by Gasteiger charge is -2.27. The molecule has 4 heterocycles. The molecule has 5 rings (SSSR count). The molecule has 1 saturated heterocycles. The topological polar surface area (TPSA) is 96.7 Å². The van der Waals surface area contributed by atoms with Crippen LogP contribution in [-0.2, 0) is 0 Å². The van der Waals surface area contributed by atoms with Crippen molar-refractivity contribution in [1.29, 1.82) is 0 Å². The molecule has 0 bridgehead atoms. The van der Waals surface area contributed by atoms with Gasteiger partial charge in [-0.2, -0.15) is 0 Å². The fraction of sp³-hybridized carbons (Fsp3) is 0.348. The second-order valence-corrected chi connectivity index (χ2v) is 8.48. The Bertz CT molecular complexity index is 1330. The first kappa shape index (κ1) is 22.1. The van der Waals surface area contributed by atoms with Crippen LogP contribution in [0.2, 0.25) is 0 Å². The van der Waals surface area contributed by atoms with Gasteiger partial charge < -0.3 is 20.1 Å². The van der Waals surface area contributed by atoms with Gasteiger partial charge in [-0.05, 0) is 45.0 Å². The summed E-state index contributed by atoms with van der Waals surface area (Å²) in [6.07, 6.45) is 1.06. The smallest absolute Gasteiger partial charge is 0.229 e. The van der Waals surface area contributed by atoms with Crippen molar-refractivity contribution in [2.24, 2.45) is 0 Å². The summed E-state index contributed by atoms with van der Waals surface area (Å²) in [4.78, 5) is 14.8. The zero-order valence-corrected chi connectivity index (χ0v) is 19.2. The van der Waals surface area contributed by atoms with Crippen molar-refractivity contribution in [1.82, 2.24) is 35.0 Å². The third-order valence-electron chi connectivity index (χ3n) is 5.79. The Balaban J connectivity index is 1.45. The molecule has 1 aliphatic rings. The third kappa shape index (κ3) is 4.14. The van der Waals surface area contributed by atoms with E-state index in [1.807, 2.05) is 31.4 Å². The number of hydrogen-bond acceptors (Lipinski definition) is 8. The number of rotatable bonds is 5. The van der Waals surface area contributed by atoms with E-state index in [0.29, 0.717) is 22.7 Å². The maximum atomic E-state index is 14.9. The fourth-order valence-corrected chi connectivity index (χ4v) is 4.26. The zero-order chi connectivity index (χ0) is 23.8. The molecule has 0 atom stereocenters. The van der Waals surface area contributed by atoms with Crippen LogP contribution in [0.3, 0.4) is 0 Å². The molecule has 1 fully saturated rings. The average molecular weight is 466 g/mol. The van der Waals surface area contributed by atoms with Crippen molar-refractivity contribution >= 4 is 28.6 Å². The van der Waals surface area contributed by atoms with Gasteiger partial charge in [-0.1, -0.05) is 0 Å². The van der Waals surface area contributed by atoms with E-state index in [9.17, 15) is 8.78 Å². The lowest BCUT2D eigenvalue weighted by molar-refractivity contribution is 0.583. The second kappa shape index (κ2) is 8.90. The zero-order valence-electron chi connectivity index (χ0n) is 19.2. The van der Waals surface area contributed by atoms with Gasteiger partial charge in [0.1, 0.15) is 17.0 Å². The van der Waals surface area contributed by atoms with Crippen molar-refractivity contribution in [3.8, 4) is 11.3 Å². The van der Waals surface area contributed by atoms with Gasteiger partial charge in [-0.15, -0.1) is 10.2 Å². The predicted octanol–water partition coefficient (Wildman–Crippen LogP) is 3.60. The number of halogens is 2. The molecule has 2 N–H and O–H groups in total. The van der Waals surface area contributed by atoms with Crippen LogP contribution in [-0.4, -0.2) is 55.9 Å². The van der Waals surface area contributed by atoms with Gasteiger partial charge in [0.05, 0.1) is 11.7 Å². The summed E-state index contributed by atoms with van der Waals surface area (Å²) in [5.41, 5.74) is 1.12. The average Bonchev–Trinajstić information content (AvgIpc) is 3.18. The summed E-state index contributed by atoms with van der Waals surface area (Å²) in [6, 6.07) is 6.65. The molecule has 1 aliphatic heterocycles. The predicted molar refractivity (Wildman–Crippen MR) is 126 cm³/mol. The molecule has 4 aromatic rings. The van der Waals surface area contributed by atoms with Crippen LogP contribution in [0.25, 0.3) is 22.3 Å². The van der Waals surface area contributed by atoms with Gasteiger partial charge in [-0.3, -0.25) is 0 Å². The first-order chi connectivity index (χ1) is 16.4. The molecule has 0 radical (unpaired) electrons. The van der Waals surface area contributed by atoms with E-state index < -0.39 is 11.6 Å². The Morgan fingerprint density at radius 1 is 1.03 bits per heavy atom. The van der Waals surface area contributed by atoms with Crippen molar-refractivity contribution < 1.29 is 8.78 Å². The Labute approximate surface area is 195 Å². The number of piperazine rings is 1. The van der Waals surface area contributed by atoms with Crippen molar-refractivity contribution in [3.05, 3.63) is 47.9 Å². The molecule has 0 aliphatic carbocycles. The second-order valence-electron chi connectivity index (χ2n) is 8.48. The molecule has 0 amide bonds. The first-order valence-corrected chi connectivity index (χ1v) is 11.2. The third-order valence-corrected chi connectivity index (χ3v) is 5.79. The number of aromatic nitrogens is 6. The molecule has 0 unspecified atom stereocenters. The molecule has 34 heavy (non-hydrogen) atoms. The largest absolute Gasteiger partial charge is 0.353 e. The molecule has 9 nitrogen and oxygen atoms in total. The van der Waals surface area contributed by atoms with E-state index in [2.05, 4.69) is 40.7 Å². The number of aryl methyl sites for hydroxylation is 1. The van der Waals surface area contributed by atoms with Gasteiger partial charge in [0.15, 0.2) is 23.3 Å². The Morgan fingerprint density at radius 2 is 1.82 bits per heavy atom. The number of hydrogen-bond donors (Lipinski definition) is 2. The van der Waals surface area contributed by atoms with E-state index in [4.69, 9.17) is 0 Å². The van der Waals surface area contributed by atoms with Crippen LogP contribution in [0.5, 0.6) is 0 Å². The SMILES string of the molecule is Cc1nc2c(F)cc(-c3nc(Nc4ccc(N5CCNCC5)nn4)ncc3F)cc2n1C(C)C. The lowest BCUT2D eigenvalue weighted by Crippen LogP contribution is -2.43. The highest BCUT2D eigenvalue weighted by Gasteiger charge is 2.19. The Hall–Kier alpha value is -3.73. The van der Waals surface area contributed by atoms with E-state index in [0.717, 1.165) is 38.2 Å². The van der Waals surface area contributed by atoms with Crippen LogP contribution >= 0.6 is 0 Å². The van der Waals surface area contributed by atoms with Crippen molar-refractivity contribution in [2.45, 2.75) is 26.8 Å². The fourth-order valence-electron chi connectivity index (χ4n) is 4.26. The van der Waals surface area contributed by atoms with E-state index in [1.165, 1.54) is 6.07 Å². The maximum Gasteiger partial charge on any atom is 0.229 e. The molecule has 0 spiro atoms. The summed E-state index contributed by atoms with van der Waals surface area (Å²) >= 11 is 0. The van der Waals surface area contributed by atoms with Gasteiger partial charge in [0, 0.05) is 37.8 Å². The van der Waals surface area contributed by atoms with E-state index in [-0.39, 0.29) is 23.2 Å². The van der Waals surface area contributed by atoms with Crippen LogP contribution in [0, 0.1) is 18.6 Å². The normalized spacial score (nSPS) is 14.2. The minimum absolute atomic E-state index is 0.0159. The molecular weight excluding hydrogens is 440 g/mol. The first-order valence-electron chi connectivity index (χ1n) is 11.2. The molecule has 3 aromatic heterocycles. The molecule has 176 valence electrons. The van der Waals surface area contributed by atoms with Crippen molar-refractivity contribution in [3.63, 3.8) is 0 Å². The molecule has 0 saturated carbocycles. The standard InChI is InChI=1S/C23H25F2N9/c1-13(2)34-14(3)28-22-16(24)10-15(11-18(22)34)21-17(25)12-27-23(30-21)29-19-4-5-20(32-31-19)33-8-6-26-7-9-33/h4-5,10-13,26H,6-9H2,1-3H3,(H,27,29,30,31). The van der Waals surface area contributed by atoms with Crippen LogP contribution in [0.1, 0.15) is 25.7 Å². The minimum Gasteiger partial charge on any atom is -0.353 e. The van der Waals surface area contributed by atoms with Gasteiger partial charge in [-0.25, -0.2) is 23.7 Å². The van der Waals surface area contributed by atoms with Crippen LogP contribution < -0.4 is 15.5 Å². The van der Waals surface area contributed by atoms with Crippen LogP contribution in [0.15, 0.2) is 30.5 Å². The summed E-state index contributed by atoms with van der Waals surface area (Å²) < 4.78 is 31.5. The summed E-state index contributed by atoms with van der Waals surface area (Å²) in [7, 11) is 0. The van der Waals surface area contributed by atoms with Gasteiger partial charge in [0.25, 0.3) is 0 Å². The minimum atomic E-state index is -0.656.